The average Bonchev–Trinajstić information content (AvgIpc) is 3.25. The molecule has 2 unspecified atom stereocenters. The molecule has 0 amide bonds. The summed E-state index contributed by atoms with van der Waals surface area (Å²) in [7, 11) is 3.58. The van der Waals surface area contributed by atoms with Gasteiger partial charge in [0.1, 0.15) is 5.75 Å². The van der Waals surface area contributed by atoms with Gasteiger partial charge in [-0.05, 0) is 62.2 Å². The van der Waals surface area contributed by atoms with Gasteiger partial charge in [-0.15, -0.1) is 24.0 Å². The summed E-state index contributed by atoms with van der Waals surface area (Å²) in [6.45, 7) is 4.21. The van der Waals surface area contributed by atoms with E-state index in [0.29, 0.717) is 6.04 Å². The monoisotopic (exact) mass is 518 g/mol. The summed E-state index contributed by atoms with van der Waals surface area (Å²) in [5.41, 5.74) is 1.34. The summed E-state index contributed by atoms with van der Waals surface area (Å²) in [6.07, 6.45) is 6.59. The Hall–Kier alpha value is -0.670. The topological polar surface area (TPSA) is 48.9 Å². The minimum absolute atomic E-state index is 0. The SMILES string of the molecule is CN=C(NCC1CCCS1)NCC(c1ccc(OC)cc1)N1CCCCC1.I. The van der Waals surface area contributed by atoms with Gasteiger partial charge in [0, 0.05) is 25.4 Å². The van der Waals surface area contributed by atoms with Crippen molar-refractivity contribution in [3.8, 4) is 5.75 Å². The summed E-state index contributed by atoms with van der Waals surface area (Å²) >= 11 is 2.08. The van der Waals surface area contributed by atoms with E-state index in [0.717, 1.165) is 30.0 Å². The predicted octanol–water partition coefficient (Wildman–Crippen LogP) is 3.90. The molecule has 0 radical (unpaired) electrons. The van der Waals surface area contributed by atoms with Crippen molar-refractivity contribution in [1.29, 1.82) is 0 Å². The highest BCUT2D eigenvalue weighted by atomic mass is 127. The largest absolute Gasteiger partial charge is 0.497 e. The third kappa shape index (κ3) is 6.99. The molecule has 1 aromatic rings. The molecule has 0 bridgehead atoms. The highest BCUT2D eigenvalue weighted by Crippen LogP contribution is 2.26. The Morgan fingerprint density at radius 1 is 1.18 bits per heavy atom. The number of rotatable bonds is 7. The molecule has 1 aromatic carbocycles. The molecule has 28 heavy (non-hydrogen) atoms. The molecule has 0 aromatic heterocycles. The van der Waals surface area contributed by atoms with Crippen LogP contribution in [0.4, 0.5) is 0 Å². The number of nitrogens with zero attached hydrogens (tertiary/aromatic N) is 2. The van der Waals surface area contributed by atoms with Crippen molar-refractivity contribution < 1.29 is 4.74 Å². The number of aliphatic imine (C=N–C) groups is 1. The van der Waals surface area contributed by atoms with E-state index in [4.69, 9.17) is 4.74 Å². The van der Waals surface area contributed by atoms with E-state index in [1.54, 1.807) is 7.11 Å². The first kappa shape index (κ1) is 23.6. The van der Waals surface area contributed by atoms with Crippen LogP contribution in [0.1, 0.15) is 43.7 Å². The van der Waals surface area contributed by atoms with Crippen molar-refractivity contribution in [2.24, 2.45) is 4.99 Å². The van der Waals surface area contributed by atoms with E-state index in [2.05, 4.69) is 56.6 Å². The van der Waals surface area contributed by atoms with Gasteiger partial charge >= 0.3 is 0 Å². The maximum absolute atomic E-state index is 5.33. The standard InChI is InChI=1S/C21H34N4OS.HI/c1-22-21(23-15-19-7-6-14-27-19)24-16-20(25-12-4-3-5-13-25)17-8-10-18(26-2)11-9-17;/h8-11,19-20H,3-7,12-16H2,1-2H3,(H2,22,23,24);1H. The number of methoxy groups -OCH3 is 1. The molecule has 7 heteroatoms. The van der Waals surface area contributed by atoms with Crippen LogP contribution < -0.4 is 15.4 Å². The molecule has 2 fully saturated rings. The first-order chi connectivity index (χ1) is 13.3. The fourth-order valence-corrected chi connectivity index (χ4v) is 5.14. The summed E-state index contributed by atoms with van der Waals surface area (Å²) in [6, 6.07) is 8.89. The van der Waals surface area contributed by atoms with Gasteiger partial charge in [0.15, 0.2) is 5.96 Å². The Bertz CT molecular complexity index is 587. The summed E-state index contributed by atoms with van der Waals surface area (Å²) in [4.78, 5) is 7.04. The number of thioether (sulfide) groups is 1. The van der Waals surface area contributed by atoms with Crippen LogP contribution in [-0.4, -0.2) is 62.2 Å². The number of nitrogens with one attached hydrogen (secondary N) is 2. The summed E-state index contributed by atoms with van der Waals surface area (Å²) in [5, 5.41) is 7.82. The minimum Gasteiger partial charge on any atom is -0.497 e. The van der Waals surface area contributed by atoms with E-state index in [1.807, 2.05) is 7.05 Å². The van der Waals surface area contributed by atoms with Crippen LogP contribution in [0.25, 0.3) is 0 Å². The molecule has 2 heterocycles. The maximum Gasteiger partial charge on any atom is 0.191 e. The zero-order valence-corrected chi connectivity index (χ0v) is 20.3. The number of halogens is 1. The Morgan fingerprint density at radius 2 is 1.93 bits per heavy atom. The van der Waals surface area contributed by atoms with E-state index in [-0.39, 0.29) is 24.0 Å². The summed E-state index contributed by atoms with van der Waals surface area (Å²) < 4.78 is 5.33. The lowest BCUT2D eigenvalue weighted by molar-refractivity contribution is 0.164. The molecule has 2 aliphatic heterocycles. The Kier molecular flexibility index (Phi) is 10.8. The Labute approximate surface area is 191 Å². The Morgan fingerprint density at radius 3 is 2.54 bits per heavy atom. The van der Waals surface area contributed by atoms with E-state index in [1.165, 1.54) is 56.5 Å². The van der Waals surface area contributed by atoms with Crippen LogP contribution in [0, 0.1) is 0 Å². The zero-order chi connectivity index (χ0) is 18.9. The molecule has 2 N–H and O–H groups in total. The number of likely N-dealkylation sites (tertiary alicyclic amines) is 1. The second-order valence-electron chi connectivity index (χ2n) is 7.35. The van der Waals surface area contributed by atoms with Gasteiger partial charge in [-0.25, -0.2) is 0 Å². The smallest absolute Gasteiger partial charge is 0.191 e. The number of benzene rings is 1. The molecule has 2 atom stereocenters. The third-order valence-corrected chi connectivity index (χ3v) is 6.94. The lowest BCUT2D eigenvalue weighted by atomic mass is 10.0. The average molecular weight is 519 g/mol. The second-order valence-corrected chi connectivity index (χ2v) is 8.76. The van der Waals surface area contributed by atoms with Crippen LogP contribution in [0.3, 0.4) is 0 Å². The van der Waals surface area contributed by atoms with Gasteiger partial charge in [0.25, 0.3) is 0 Å². The first-order valence-corrected chi connectivity index (χ1v) is 11.3. The normalized spacial score (nSPS) is 21.6. The second kappa shape index (κ2) is 12.8. The Balaban J connectivity index is 0.00000280. The highest BCUT2D eigenvalue weighted by Gasteiger charge is 2.23. The van der Waals surface area contributed by atoms with E-state index >= 15 is 0 Å². The van der Waals surface area contributed by atoms with Crippen LogP contribution in [0.2, 0.25) is 0 Å². The van der Waals surface area contributed by atoms with Gasteiger partial charge in [0.2, 0.25) is 0 Å². The number of hydrogen-bond donors (Lipinski definition) is 2. The van der Waals surface area contributed by atoms with E-state index in [9.17, 15) is 0 Å². The molecule has 0 spiro atoms. The molecule has 158 valence electrons. The lowest BCUT2D eigenvalue weighted by Gasteiger charge is -2.35. The molecule has 5 nitrogen and oxygen atoms in total. The van der Waals surface area contributed by atoms with Crippen molar-refractivity contribution in [3.63, 3.8) is 0 Å². The molecule has 3 rings (SSSR count). The van der Waals surface area contributed by atoms with Crippen molar-refractivity contribution in [3.05, 3.63) is 29.8 Å². The van der Waals surface area contributed by atoms with Crippen molar-refractivity contribution in [2.45, 2.75) is 43.4 Å². The van der Waals surface area contributed by atoms with Gasteiger partial charge in [-0.2, -0.15) is 11.8 Å². The maximum atomic E-state index is 5.33. The first-order valence-electron chi connectivity index (χ1n) is 10.2. The fourth-order valence-electron chi connectivity index (χ4n) is 3.94. The number of ether oxygens (including phenoxy) is 1. The minimum atomic E-state index is 0. The van der Waals surface area contributed by atoms with Crippen LogP contribution >= 0.6 is 35.7 Å². The van der Waals surface area contributed by atoms with Gasteiger partial charge in [-0.3, -0.25) is 9.89 Å². The highest BCUT2D eigenvalue weighted by molar-refractivity contribution is 14.0. The third-order valence-electron chi connectivity index (χ3n) is 5.54. The molecule has 2 aliphatic rings. The van der Waals surface area contributed by atoms with Gasteiger partial charge < -0.3 is 15.4 Å². The van der Waals surface area contributed by atoms with E-state index < -0.39 is 0 Å². The molecule has 0 aliphatic carbocycles. The van der Waals surface area contributed by atoms with Gasteiger partial charge in [0.05, 0.1) is 13.2 Å². The predicted molar refractivity (Wildman–Crippen MR) is 131 cm³/mol. The summed E-state index contributed by atoms with van der Waals surface area (Å²) in [5.74, 6) is 3.13. The van der Waals surface area contributed by atoms with Crippen molar-refractivity contribution >= 4 is 41.7 Å². The number of guanidine groups is 1. The van der Waals surface area contributed by atoms with Gasteiger partial charge in [-0.1, -0.05) is 18.6 Å². The zero-order valence-electron chi connectivity index (χ0n) is 17.2. The fraction of sp³-hybridized carbons (Fsp3) is 0.667. The van der Waals surface area contributed by atoms with Crippen molar-refractivity contribution in [2.75, 3.05) is 46.1 Å². The quantitative estimate of drug-likeness (QED) is 0.326. The lowest BCUT2D eigenvalue weighted by Crippen LogP contribution is -2.45. The van der Waals surface area contributed by atoms with Crippen molar-refractivity contribution in [1.82, 2.24) is 15.5 Å². The van der Waals surface area contributed by atoms with Crippen LogP contribution in [0.5, 0.6) is 5.75 Å². The number of piperidine rings is 1. The van der Waals surface area contributed by atoms with Crippen LogP contribution in [0.15, 0.2) is 29.3 Å². The molecular formula is C21H35IN4OS. The number of hydrogen-bond acceptors (Lipinski definition) is 4. The molecule has 2 saturated heterocycles. The molecular weight excluding hydrogens is 483 g/mol. The molecule has 0 saturated carbocycles. The van der Waals surface area contributed by atoms with Crippen LogP contribution in [-0.2, 0) is 0 Å².